The van der Waals surface area contributed by atoms with Crippen LogP contribution < -0.4 is 10.2 Å². The van der Waals surface area contributed by atoms with Crippen LogP contribution in [-0.2, 0) is 11.3 Å². The predicted molar refractivity (Wildman–Crippen MR) is 93.6 cm³/mol. The van der Waals surface area contributed by atoms with Crippen molar-refractivity contribution in [3.05, 3.63) is 72.6 Å². The second-order valence-corrected chi connectivity index (χ2v) is 5.74. The summed E-state index contributed by atoms with van der Waals surface area (Å²) >= 11 is 0. The van der Waals surface area contributed by atoms with E-state index in [4.69, 9.17) is 0 Å². The predicted octanol–water partition coefficient (Wildman–Crippen LogP) is 3.10. The molecule has 0 saturated carbocycles. The lowest BCUT2D eigenvalue weighted by atomic mass is 10.0. The molecule has 0 bridgehead atoms. The summed E-state index contributed by atoms with van der Waals surface area (Å²) in [6, 6.07) is 18.2. The Labute approximate surface area is 140 Å². The van der Waals surface area contributed by atoms with Crippen molar-refractivity contribution < 1.29 is 4.79 Å². The first-order chi connectivity index (χ1) is 11.8. The van der Waals surface area contributed by atoms with Gasteiger partial charge < -0.3 is 10.2 Å². The minimum atomic E-state index is -0.0317. The molecule has 3 aromatic rings. The fourth-order valence-electron chi connectivity index (χ4n) is 2.92. The van der Waals surface area contributed by atoms with E-state index < -0.39 is 0 Å². The molecule has 1 aliphatic rings. The smallest absolute Gasteiger partial charge is 0.243 e. The fourth-order valence-corrected chi connectivity index (χ4v) is 2.92. The molecule has 0 atom stereocenters. The van der Waals surface area contributed by atoms with E-state index in [0.717, 1.165) is 28.1 Å². The van der Waals surface area contributed by atoms with E-state index in [9.17, 15) is 4.79 Å². The molecule has 1 aliphatic heterocycles. The van der Waals surface area contributed by atoms with Gasteiger partial charge in [0.05, 0.1) is 24.6 Å². The van der Waals surface area contributed by atoms with Gasteiger partial charge in [-0.3, -0.25) is 4.79 Å². The van der Waals surface area contributed by atoms with Crippen LogP contribution in [0.3, 0.4) is 0 Å². The Morgan fingerprint density at radius 2 is 1.79 bits per heavy atom. The number of amides is 1. The minimum absolute atomic E-state index is 0.0317. The summed E-state index contributed by atoms with van der Waals surface area (Å²) in [6.45, 7) is 0.940. The first-order valence-electron chi connectivity index (χ1n) is 7.79. The number of hydrogen-bond acceptors (Lipinski definition) is 4. The van der Waals surface area contributed by atoms with Crippen LogP contribution in [0.1, 0.15) is 5.56 Å². The van der Waals surface area contributed by atoms with E-state index in [0.29, 0.717) is 13.1 Å². The molecule has 1 aromatic heterocycles. The van der Waals surface area contributed by atoms with E-state index in [2.05, 4.69) is 39.8 Å². The van der Waals surface area contributed by atoms with E-state index in [-0.39, 0.29) is 5.91 Å². The lowest BCUT2D eigenvalue weighted by molar-refractivity contribution is -0.114. The molecule has 1 N–H and O–H groups in total. The maximum Gasteiger partial charge on any atom is 0.243 e. The molecule has 5 nitrogen and oxygen atoms in total. The molecule has 0 fully saturated rings. The maximum atomic E-state index is 12.3. The van der Waals surface area contributed by atoms with Crippen LogP contribution in [-0.4, -0.2) is 22.6 Å². The average molecular weight is 316 g/mol. The highest BCUT2D eigenvalue weighted by Gasteiger charge is 2.20. The van der Waals surface area contributed by atoms with Crippen molar-refractivity contribution in [3.8, 4) is 11.1 Å². The van der Waals surface area contributed by atoms with Gasteiger partial charge in [-0.25, -0.2) is 0 Å². The standard InChI is InChI=1S/C19H16N4O/c24-19-13-23(17-8-9-20-21-11-17)12-16-7-6-15(10-18(16)22-19)14-4-2-1-3-5-14/h1-11H,12-13H2,(H,22,24). The number of aromatic nitrogens is 2. The second kappa shape index (κ2) is 6.12. The molecule has 118 valence electrons. The molecular formula is C19H16N4O. The van der Waals surface area contributed by atoms with Crippen molar-refractivity contribution >= 4 is 17.3 Å². The van der Waals surface area contributed by atoms with Crippen molar-refractivity contribution in [2.75, 3.05) is 16.8 Å². The normalized spacial score (nSPS) is 13.8. The number of nitrogens with one attached hydrogen (secondary N) is 1. The minimum Gasteiger partial charge on any atom is -0.356 e. The van der Waals surface area contributed by atoms with Crippen LogP contribution in [0.25, 0.3) is 11.1 Å². The molecule has 24 heavy (non-hydrogen) atoms. The van der Waals surface area contributed by atoms with Gasteiger partial charge >= 0.3 is 0 Å². The van der Waals surface area contributed by atoms with Crippen LogP contribution in [0.2, 0.25) is 0 Å². The zero-order valence-corrected chi connectivity index (χ0v) is 13.0. The van der Waals surface area contributed by atoms with Gasteiger partial charge in [0, 0.05) is 12.2 Å². The van der Waals surface area contributed by atoms with Crippen LogP contribution in [0.15, 0.2) is 67.0 Å². The van der Waals surface area contributed by atoms with Crippen LogP contribution in [0, 0.1) is 0 Å². The van der Waals surface area contributed by atoms with Gasteiger partial charge in [-0.2, -0.15) is 10.2 Å². The van der Waals surface area contributed by atoms with Crippen LogP contribution in [0.4, 0.5) is 11.4 Å². The van der Waals surface area contributed by atoms with Crippen molar-refractivity contribution in [2.24, 2.45) is 0 Å². The Kier molecular flexibility index (Phi) is 3.67. The molecular weight excluding hydrogens is 300 g/mol. The van der Waals surface area contributed by atoms with Gasteiger partial charge in [-0.1, -0.05) is 42.5 Å². The maximum absolute atomic E-state index is 12.3. The Morgan fingerprint density at radius 3 is 2.58 bits per heavy atom. The van der Waals surface area contributed by atoms with Crippen molar-refractivity contribution in [2.45, 2.75) is 6.54 Å². The molecule has 2 heterocycles. The van der Waals surface area contributed by atoms with Gasteiger partial charge in [0.1, 0.15) is 0 Å². The highest BCUT2D eigenvalue weighted by atomic mass is 16.2. The van der Waals surface area contributed by atoms with Crippen molar-refractivity contribution in [1.29, 1.82) is 0 Å². The number of anilines is 2. The molecule has 5 heteroatoms. The number of nitrogens with zero attached hydrogens (tertiary/aromatic N) is 3. The summed E-state index contributed by atoms with van der Waals surface area (Å²) in [5.41, 5.74) is 5.06. The quantitative estimate of drug-likeness (QED) is 0.789. The number of carbonyl (C=O) groups excluding carboxylic acids is 1. The summed E-state index contributed by atoms with van der Waals surface area (Å²) in [5.74, 6) is -0.0317. The number of carbonyl (C=O) groups is 1. The highest BCUT2D eigenvalue weighted by molar-refractivity contribution is 5.96. The Morgan fingerprint density at radius 1 is 0.917 bits per heavy atom. The van der Waals surface area contributed by atoms with E-state index in [1.165, 1.54) is 0 Å². The highest BCUT2D eigenvalue weighted by Crippen LogP contribution is 2.29. The third-order valence-electron chi connectivity index (χ3n) is 4.12. The van der Waals surface area contributed by atoms with Gasteiger partial charge in [0.25, 0.3) is 0 Å². The number of fused-ring (bicyclic) bond motifs is 1. The Hall–Kier alpha value is -3.21. The molecule has 2 aromatic carbocycles. The molecule has 4 rings (SSSR count). The Bertz CT molecular complexity index is 865. The molecule has 0 aliphatic carbocycles. The van der Waals surface area contributed by atoms with Gasteiger partial charge in [0.15, 0.2) is 0 Å². The number of benzene rings is 2. The lowest BCUT2D eigenvalue weighted by Crippen LogP contribution is -2.29. The topological polar surface area (TPSA) is 58.1 Å². The third-order valence-corrected chi connectivity index (χ3v) is 4.12. The number of hydrogen-bond donors (Lipinski definition) is 1. The average Bonchev–Trinajstić information content (AvgIpc) is 2.80. The van der Waals surface area contributed by atoms with Crippen LogP contribution >= 0.6 is 0 Å². The van der Waals surface area contributed by atoms with Gasteiger partial charge in [-0.15, -0.1) is 0 Å². The zero-order chi connectivity index (χ0) is 16.4. The summed E-state index contributed by atoms with van der Waals surface area (Å²) in [7, 11) is 0. The molecule has 0 spiro atoms. The Balaban J connectivity index is 1.70. The summed E-state index contributed by atoms with van der Waals surface area (Å²) < 4.78 is 0. The van der Waals surface area contributed by atoms with Gasteiger partial charge in [0.2, 0.25) is 5.91 Å². The first kappa shape index (κ1) is 14.4. The van der Waals surface area contributed by atoms with Gasteiger partial charge in [-0.05, 0) is 28.8 Å². The van der Waals surface area contributed by atoms with Crippen LogP contribution in [0.5, 0.6) is 0 Å². The van der Waals surface area contributed by atoms with Crippen molar-refractivity contribution in [3.63, 3.8) is 0 Å². The summed E-state index contributed by atoms with van der Waals surface area (Å²) in [6.07, 6.45) is 3.31. The van der Waals surface area contributed by atoms with Crippen molar-refractivity contribution in [1.82, 2.24) is 10.2 Å². The molecule has 0 radical (unpaired) electrons. The monoisotopic (exact) mass is 316 g/mol. The second-order valence-electron chi connectivity index (χ2n) is 5.74. The number of rotatable bonds is 2. The summed E-state index contributed by atoms with van der Waals surface area (Å²) in [5, 5.41) is 10.7. The SMILES string of the molecule is O=C1CN(c2ccnnc2)Cc2ccc(-c3ccccc3)cc2N1. The zero-order valence-electron chi connectivity index (χ0n) is 13.0. The lowest BCUT2D eigenvalue weighted by Gasteiger charge is -2.21. The fraction of sp³-hybridized carbons (Fsp3) is 0.105. The third kappa shape index (κ3) is 2.84. The molecule has 0 unspecified atom stereocenters. The van der Waals surface area contributed by atoms with E-state index in [1.54, 1.807) is 12.4 Å². The van der Waals surface area contributed by atoms with E-state index in [1.807, 2.05) is 35.2 Å². The van der Waals surface area contributed by atoms with E-state index >= 15 is 0 Å². The summed E-state index contributed by atoms with van der Waals surface area (Å²) in [4.78, 5) is 14.3. The largest absolute Gasteiger partial charge is 0.356 e. The first-order valence-corrected chi connectivity index (χ1v) is 7.79. The molecule has 1 amide bonds. The molecule has 0 saturated heterocycles.